The Balaban J connectivity index is 1.99. The van der Waals surface area contributed by atoms with Crippen molar-refractivity contribution in [1.82, 2.24) is 14.9 Å². The fraction of sp³-hybridized carbons (Fsp3) is 0.467. The Kier molecular flexibility index (Phi) is 2.81. The Morgan fingerprint density at radius 3 is 2.79 bits per heavy atom. The van der Waals surface area contributed by atoms with Gasteiger partial charge in [-0.15, -0.1) is 0 Å². The predicted octanol–water partition coefficient (Wildman–Crippen LogP) is 2.59. The third kappa shape index (κ3) is 2.23. The van der Waals surface area contributed by atoms with Gasteiger partial charge in [-0.2, -0.15) is 0 Å². The van der Waals surface area contributed by atoms with Crippen molar-refractivity contribution in [2.45, 2.75) is 38.6 Å². The van der Waals surface area contributed by atoms with E-state index in [1.807, 2.05) is 32.0 Å². The molecular formula is C15H19N3O. The highest BCUT2D eigenvalue weighted by molar-refractivity contribution is 5.97. The molecule has 1 aromatic heterocycles. The van der Waals surface area contributed by atoms with Gasteiger partial charge in [0, 0.05) is 24.6 Å². The third-order valence-corrected chi connectivity index (χ3v) is 3.54. The summed E-state index contributed by atoms with van der Waals surface area (Å²) in [5, 5.41) is 2.91. The van der Waals surface area contributed by atoms with E-state index in [-0.39, 0.29) is 11.9 Å². The number of hydrogen-bond acceptors (Lipinski definition) is 2. The van der Waals surface area contributed by atoms with Crippen molar-refractivity contribution in [3.8, 4) is 0 Å². The Morgan fingerprint density at radius 2 is 2.16 bits per heavy atom. The molecule has 2 aromatic rings. The molecule has 1 N–H and O–H groups in total. The number of benzene rings is 1. The van der Waals surface area contributed by atoms with Crippen molar-refractivity contribution >= 4 is 16.9 Å². The van der Waals surface area contributed by atoms with Crippen molar-refractivity contribution in [3.63, 3.8) is 0 Å². The van der Waals surface area contributed by atoms with Crippen LogP contribution in [0.5, 0.6) is 0 Å². The molecule has 1 aromatic carbocycles. The molecule has 0 radical (unpaired) electrons. The van der Waals surface area contributed by atoms with Crippen LogP contribution in [0.25, 0.3) is 11.0 Å². The number of carbonyl (C=O) groups excluding carboxylic acids is 1. The molecule has 3 rings (SSSR count). The van der Waals surface area contributed by atoms with Gasteiger partial charge in [-0.25, -0.2) is 4.98 Å². The van der Waals surface area contributed by atoms with Crippen LogP contribution >= 0.6 is 0 Å². The van der Waals surface area contributed by atoms with E-state index in [9.17, 15) is 4.79 Å². The topological polar surface area (TPSA) is 46.9 Å². The molecule has 1 saturated carbocycles. The minimum absolute atomic E-state index is 0.0319. The van der Waals surface area contributed by atoms with E-state index in [2.05, 4.69) is 21.9 Å². The first-order valence-electron chi connectivity index (χ1n) is 6.83. The summed E-state index contributed by atoms with van der Waals surface area (Å²) in [7, 11) is 2.05. The van der Waals surface area contributed by atoms with Crippen LogP contribution in [0, 0.1) is 0 Å². The van der Waals surface area contributed by atoms with Crippen LogP contribution < -0.4 is 5.32 Å². The lowest BCUT2D eigenvalue weighted by molar-refractivity contribution is 0.0943. The average Bonchev–Trinajstić information content (AvgIpc) is 3.14. The molecule has 1 amide bonds. The van der Waals surface area contributed by atoms with Gasteiger partial charge >= 0.3 is 0 Å². The van der Waals surface area contributed by atoms with Crippen LogP contribution in [0.1, 0.15) is 48.8 Å². The standard InChI is InChI=1S/C15H19N3O/c1-9(2)16-15(19)11-6-7-13-12(8-11)17-14(18(13)3)10-4-5-10/h6-10H,4-5H2,1-3H3,(H,16,19). The SMILES string of the molecule is CC(C)NC(=O)c1ccc2c(c1)nc(C1CC1)n2C. The molecule has 0 aliphatic heterocycles. The Hall–Kier alpha value is -1.84. The zero-order chi connectivity index (χ0) is 13.6. The summed E-state index contributed by atoms with van der Waals surface area (Å²) < 4.78 is 2.15. The fourth-order valence-corrected chi connectivity index (χ4v) is 2.41. The second-order valence-electron chi connectivity index (χ2n) is 5.63. The van der Waals surface area contributed by atoms with Crippen molar-refractivity contribution in [3.05, 3.63) is 29.6 Å². The van der Waals surface area contributed by atoms with E-state index in [0.717, 1.165) is 16.9 Å². The minimum atomic E-state index is -0.0319. The summed E-state index contributed by atoms with van der Waals surface area (Å²) in [4.78, 5) is 16.7. The van der Waals surface area contributed by atoms with E-state index in [1.54, 1.807) is 0 Å². The number of aromatic nitrogens is 2. The van der Waals surface area contributed by atoms with Crippen LogP contribution in [-0.4, -0.2) is 21.5 Å². The average molecular weight is 257 g/mol. The second kappa shape index (κ2) is 4.37. The normalized spacial score (nSPS) is 15.2. The van der Waals surface area contributed by atoms with E-state index < -0.39 is 0 Å². The third-order valence-electron chi connectivity index (χ3n) is 3.54. The molecule has 0 spiro atoms. The van der Waals surface area contributed by atoms with E-state index in [1.165, 1.54) is 12.8 Å². The molecule has 0 saturated heterocycles. The number of carbonyl (C=O) groups is 1. The quantitative estimate of drug-likeness (QED) is 0.918. The maximum absolute atomic E-state index is 12.0. The number of fused-ring (bicyclic) bond motifs is 1. The molecule has 0 atom stereocenters. The number of nitrogens with zero attached hydrogens (tertiary/aromatic N) is 2. The lowest BCUT2D eigenvalue weighted by Gasteiger charge is -2.08. The summed E-state index contributed by atoms with van der Waals surface area (Å²) in [6.45, 7) is 3.92. The predicted molar refractivity (Wildman–Crippen MR) is 75.3 cm³/mol. The van der Waals surface area contributed by atoms with Crippen LogP contribution in [0.4, 0.5) is 0 Å². The number of imidazole rings is 1. The summed E-state index contributed by atoms with van der Waals surface area (Å²) in [6, 6.07) is 5.90. The Labute approximate surface area is 112 Å². The Morgan fingerprint density at radius 1 is 1.42 bits per heavy atom. The van der Waals surface area contributed by atoms with Crippen molar-refractivity contribution < 1.29 is 4.79 Å². The molecular weight excluding hydrogens is 238 g/mol. The van der Waals surface area contributed by atoms with Gasteiger partial charge in [0.1, 0.15) is 5.82 Å². The van der Waals surface area contributed by atoms with Crippen molar-refractivity contribution in [1.29, 1.82) is 0 Å². The molecule has 100 valence electrons. The van der Waals surface area contributed by atoms with Gasteiger partial charge in [0.25, 0.3) is 5.91 Å². The highest BCUT2D eigenvalue weighted by Gasteiger charge is 2.28. The van der Waals surface area contributed by atoms with Crippen molar-refractivity contribution in [2.75, 3.05) is 0 Å². The van der Waals surface area contributed by atoms with Gasteiger partial charge in [0.2, 0.25) is 0 Å². The van der Waals surface area contributed by atoms with Crippen LogP contribution in [0.2, 0.25) is 0 Å². The first kappa shape index (κ1) is 12.2. The number of hydrogen-bond donors (Lipinski definition) is 1. The summed E-state index contributed by atoms with van der Waals surface area (Å²) in [6.07, 6.45) is 2.47. The first-order valence-corrected chi connectivity index (χ1v) is 6.83. The molecule has 0 bridgehead atoms. The van der Waals surface area contributed by atoms with Gasteiger partial charge in [-0.3, -0.25) is 4.79 Å². The van der Waals surface area contributed by atoms with E-state index in [0.29, 0.717) is 11.5 Å². The molecule has 4 nitrogen and oxygen atoms in total. The Bertz CT molecular complexity index is 638. The maximum atomic E-state index is 12.0. The van der Waals surface area contributed by atoms with Crippen LogP contribution in [-0.2, 0) is 7.05 Å². The zero-order valence-electron chi connectivity index (χ0n) is 11.6. The monoisotopic (exact) mass is 257 g/mol. The number of amides is 1. The molecule has 1 aliphatic rings. The minimum Gasteiger partial charge on any atom is -0.350 e. The number of aryl methyl sites for hydroxylation is 1. The lowest BCUT2D eigenvalue weighted by atomic mass is 10.2. The second-order valence-corrected chi connectivity index (χ2v) is 5.63. The number of nitrogens with one attached hydrogen (secondary N) is 1. The lowest BCUT2D eigenvalue weighted by Crippen LogP contribution is -2.29. The smallest absolute Gasteiger partial charge is 0.251 e. The highest BCUT2D eigenvalue weighted by Crippen LogP contribution is 2.40. The highest BCUT2D eigenvalue weighted by atomic mass is 16.1. The van der Waals surface area contributed by atoms with Gasteiger partial charge in [-0.1, -0.05) is 0 Å². The van der Waals surface area contributed by atoms with E-state index >= 15 is 0 Å². The van der Waals surface area contributed by atoms with Crippen LogP contribution in [0.15, 0.2) is 18.2 Å². The molecule has 0 unspecified atom stereocenters. The number of rotatable bonds is 3. The first-order chi connectivity index (χ1) is 9.06. The molecule has 19 heavy (non-hydrogen) atoms. The maximum Gasteiger partial charge on any atom is 0.251 e. The summed E-state index contributed by atoms with van der Waals surface area (Å²) in [5.41, 5.74) is 2.70. The van der Waals surface area contributed by atoms with Crippen molar-refractivity contribution in [2.24, 2.45) is 7.05 Å². The molecule has 4 heteroatoms. The zero-order valence-corrected chi connectivity index (χ0v) is 11.6. The fourth-order valence-electron chi connectivity index (χ4n) is 2.41. The van der Waals surface area contributed by atoms with Gasteiger partial charge in [0.05, 0.1) is 11.0 Å². The van der Waals surface area contributed by atoms with E-state index in [4.69, 9.17) is 0 Å². The van der Waals surface area contributed by atoms with Gasteiger partial charge < -0.3 is 9.88 Å². The molecule has 1 aliphatic carbocycles. The molecule has 1 fully saturated rings. The largest absolute Gasteiger partial charge is 0.350 e. The van der Waals surface area contributed by atoms with Gasteiger partial charge in [-0.05, 0) is 44.9 Å². The molecule has 1 heterocycles. The summed E-state index contributed by atoms with van der Waals surface area (Å²) in [5.74, 6) is 1.73. The summed E-state index contributed by atoms with van der Waals surface area (Å²) >= 11 is 0. The van der Waals surface area contributed by atoms with Gasteiger partial charge in [0.15, 0.2) is 0 Å². The van der Waals surface area contributed by atoms with Crippen LogP contribution in [0.3, 0.4) is 0 Å².